The van der Waals surface area contributed by atoms with Crippen LogP contribution in [0.3, 0.4) is 0 Å². The number of hydrogen-bond acceptors (Lipinski definition) is 4. The molecule has 0 aliphatic heterocycles. The van der Waals surface area contributed by atoms with Crippen molar-refractivity contribution < 1.29 is 8.42 Å². The van der Waals surface area contributed by atoms with E-state index in [0.717, 1.165) is 0 Å². The van der Waals surface area contributed by atoms with E-state index in [1.54, 1.807) is 6.07 Å². The molecular weight excluding hydrogens is 226 g/mol. The van der Waals surface area contributed by atoms with Gasteiger partial charge in [-0.05, 0) is 25.0 Å². The van der Waals surface area contributed by atoms with Gasteiger partial charge in [-0.25, -0.2) is 18.1 Å². The molecule has 0 saturated heterocycles. The second kappa shape index (κ2) is 4.80. The highest BCUT2D eigenvalue weighted by Crippen LogP contribution is 2.15. The molecule has 1 atom stereocenters. The van der Waals surface area contributed by atoms with Crippen LogP contribution in [0.4, 0.5) is 5.82 Å². The molecule has 0 aliphatic rings. The third kappa shape index (κ3) is 2.93. The van der Waals surface area contributed by atoms with Gasteiger partial charge in [0.25, 0.3) is 0 Å². The fourth-order valence-electron chi connectivity index (χ4n) is 1.07. The molecule has 16 heavy (non-hydrogen) atoms. The van der Waals surface area contributed by atoms with E-state index in [2.05, 4.69) is 9.71 Å². The normalized spacial score (nSPS) is 14.0. The summed E-state index contributed by atoms with van der Waals surface area (Å²) in [7, 11) is -3.57. The monoisotopic (exact) mass is 243 g/mol. The molecule has 0 aliphatic carbocycles. The van der Waals surface area contributed by atoms with Crippen LogP contribution in [0.1, 0.15) is 20.8 Å². The van der Waals surface area contributed by atoms with Crippen molar-refractivity contribution in [3.63, 3.8) is 0 Å². The average Bonchev–Trinajstić information content (AvgIpc) is 2.17. The molecule has 5 nitrogen and oxygen atoms in total. The summed E-state index contributed by atoms with van der Waals surface area (Å²) in [5, 5.41) is 0. The number of anilines is 1. The maximum atomic E-state index is 11.9. The van der Waals surface area contributed by atoms with E-state index in [-0.39, 0.29) is 22.7 Å². The van der Waals surface area contributed by atoms with Crippen molar-refractivity contribution in [2.45, 2.75) is 31.7 Å². The largest absolute Gasteiger partial charge is 0.383 e. The zero-order valence-corrected chi connectivity index (χ0v) is 10.5. The van der Waals surface area contributed by atoms with Crippen LogP contribution in [0, 0.1) is 5.92 Å². The Hall–Kier alpha value is -1.14. The van der Waals surface area contributed by atoms with Crippen molar-refractivity contribution >= 4 is 15.8 Å². The standard InChI is InChI=1S/C10H17N3O2S/c1-7(2)8(3)13-16(14,15)9-5-4-6-12-10(9)11/h4-8,13H,1-3H3,(H2,11,12). The molecule has 6 heteroatoms. The average molecular weight is 243 g/mol. The fourth-order valence-corrected chi connectivity index (χ4v) is 2.55. The second-order valence-corrected chi connectivity index (χ2v) is 5.72. The van der Waals surface area contributed by atoms with E-state index in [4.69, 9.17) is 5.73 Å². The molecule has 90 valence electrons. The van der Waals surface area contributed by atoms with Crippen molar-refractivity contribution in [1.29, 1.82) is 0 Å². The van der Waals surface area contributed by atoms with E-state index in [1.807, 2.05) is 20.8 Å². The van der Waals surface area contributed by atoms with E-state index in [0.29, 0.717) is 0 Å². The molecule has 0 spiro atoms. The molecule has 0 fully saturated rings. The van der Waals surface area contributed by atoms with Crippen molar-refractivity contribution in [1.82, 2.24) is 9.71 Å². The first-order chi connectivity index (χ1) is 7.34. The highest BCUT2D eigenvalue weighted by atomic mass is 32.2. The van der Waals surface area contributed by atoms with Gasteiger partial charge in [-0.15, -0.1) is 0 Å². The van der Waals surface area contributed by atoms with E-state index >= 15 is 0 Å². The first kappa shape index (κ1) is 12.9. The number of nitrogens with two attached hydrogens (primary N) is 1. The Labute approximate surface area is 96.1 Å². The summed E-state index contributed by atoms with van der Waals surface area (Å²) in [4.78, 5) is 3.79. The number of sulfonamides is 1. The van der Waals surface area contributed by atoms with E-state index in [1.165, 1.54) is 12.3 Å². The van der Waals surface area contributed by atoms with Crippen molar-refractivity contribution in [2.75, 3.05) is 5.73 Å². The van der Waals surface area contributed by atoms with Crippen LogP contribution in [-0.2, 0) is 10.0 Å². The van der Waals surface area contributed by atoms with Gasteiger partial charge in [-0.3, -0.25) is 0 Å². The second-order valence-electron chi connectivity index (χ2n) is 4.04. The highest BCUT2D eigenvalue weighted by Gasteiger charge is 2.21. The quantitative estimate of drug-likeness (QED) is 0.825. The number of nitrogens with zero attached hydrogens (tertiary/aromatic N) is 1. The smallest absolute Gasteiger partial charge is 0.244 e. The molecule has 0 bridgehead atoms. The molecule has 1 aromatic rings. The third-order valence-electron chi connectivity index (χ3n) is 2.43. The molecule has 1 rings (SSSR count). The summed E-state index contributed by atoms with van der Waals surface area (Å²) in [5.74, 6) is 0.235. The van der Waals surface area contributed by atoms with Crippen LogP contribution in [0.5, 0.6) is 0 Å². The summed E-state index contributed by atoms with van der Waals surface area (Å²) in [6.07, 6.45) is 1.46. The van der Waals surface area contributed by atoms with Gasteiger partial charge in [-0.1, -0.05) is 13.8 Å². The van der Waals surface area contributed by atoms with Gasteiger partial charge in [0.15, 0.2) is 0 Å². The lowest BCUT2D eigenvalue weighted by Crippen LogP contribution is -2.36. The molecular formula is C10H17N3O2S. The van der Waals surface area contributed by atoms with Gasteiger partial charge in [0.2, 0.25) is 10.0 Å². The maximum absolute atomic E-state index is 11.9. The zero-order chi connectivity index (χ0) is 12.3. The lowest BCUT2D eigenvalue weighted by Gasteiger charge is -2.17. The molecule has 0 saturated carbocycles. The van der Waals surface area contributed by atoms with Gasteiger partial charge in [-0.2, -0.15) is 0 Å². The maximum Gasteiger partial charge on any atom is 0.244 e. The summed E-state index contributed by atoms with van der Waals surface area (Å²) in [6, 6.07) is 2.84. The van der Waals surface area contributed by atoms with Gasteiger partial charge in [0, 0.05) is 12.2 Å². The van der Waals surface area contributed by atoms with Gasteiger partial charge < -0.3 is 5.73 Å². The van der Waals surface area contributed by atoms with Crippen LogP contribution >= 0.6 is 0 Å². The predicted molar refractivity (Wildman–Crippen MR) is 63.3 cm³/mol. The number of pyridine rings is 1. The number of nitrogens with one attached hydrogen (secondary N) is 1. The van der Waals surface area contributed by atoms with Crippen molar-refractivity contribution in [2.24, 2.45) is 5.92 Å². The molecule has 3 N–H and O–H groups in total. The number of aromatic nitrogens is 1. The zero-order valence-electron chi connectivity index (χ0n) is 9.64. The number of rotatable bonds is 4. The predicted octanol–water partition coefficient (Wildman–Crippen LogP) is 0.987. The third-order valence-corrected chi connectivity index (χ3v) is 4.04. The van der Waals surface area contributed by atoms with Gasteiger partial charge in [0.1, 0.15) is 10.7 Å². The Kier molecular flexibility index (Phi) is 3.88. The first-order valence-corrected chi connectivity index (χ1v) is 6.55. The van der Waals surface area contributed by atoms with Crippen molar-refractivity contribution in [3.05, 3.63) is 18.3 Å². The van der Waals surface area contributed by atoms with E-state index in [9.17, 15) is 8.42 Å². The topological polar surface area (TPSA) is 85.1 Å². The summed E-state index contributed by atoms with van der Waals surface area (Å²) < 4.78 is 26.4. The molecule has 1 heterocycles. The van der Waals surface area contributed by atoms with Crippen LogP contribution < -0.4 is 10.5 Å². The van der Waals surface area contributed by atoms with Gasteiger partial charge in [0.05, 0.1) is 0 Å². The Morgan fingerprint density at radius 3 is 2.50 bits per heavy atom. The van der Waals surface area contributed by atoms with E-state index < -0.39 is 10.0 Å². The lowest BCUT2D eigenvalue weighted by molar-refractivity contribution is 0.476. The molecule has 1 unspecified atom stereocenters. The molecule has 0 radical (unpaired) electrons. The molecule has 1 aromatic heterocycles. The summed E-state index contributed by atoms with van der Waals surface area (Å²) in [6.45, 7) is 5.70. The summed E-state index contributed by atoms with van der Waals surface area (Å²) in [5.41, 5.74) is 5.53. The minimum Gasteiger partial charge on any atom is -0.383 e. The van der Waals surface area contributed by atoms with Crippen LogP contribution in [0.15, 0.2) is 23.2 Å². The Morgan fingerprint density at radius 2 is 2.00 bits per heavy atom. The number of nitrogen functional groups attached to an aromatic ring is 1. The van der Waals surface area contributed by atoms with Gasteiger partial charge >= 0.3 is 0 Å². The fraction of sp³-hybridized carbons (Fsp3) is 0.500. The Balaban J connectivity index is 3.00. The molecule has 0 aromatic carbocycles. The SMILES string of the molecule is CC(C)C(C)NS(=O)(=O)c1cccnc1N. The van der Waals surface area contributed by atoms with Crippen molar-refractivity contribution in [3.8, 4) is 0 Å². The molecule has 0 amide bonds. The lowest BCUT2D eigenvalue weighted by atomic mass is 10.1. The highest BCUT2D eigenvalue weighted by molar-refractivity contribution is 7.89. The minimum atomic E-state index is -3.57. The number of hydrogen-bond donors (Lipinski definition) is 2. The minimum absolute atomic E-state index is 0.0194. The van der Waals surface area contributed by atoms with Crippen LogP contribution in [0.2, 0.25) is 0 Å². The Bertz CT molecular complexity index is 457. The van der Waals surface area contributed by atoms with Crippen LogP contribution in [-0.4, -0.2) is 19.4 Å². The first-order valence-electron chi connectivity index (χ1n) is 5.07. The summed E-state index contributed by atoms with van der Waals surface area (Å²) >= 11 is 0. The van der Waals surface area contributed by atoms with Crippen LogP contribution in [0.25, 0.3) is 0 Å². The Morgan fingerprint density at radius 1 is 1.38 bits per heavy atom.